The number of rotatable bonds is 5. The van der Waals surface area contributed by atoms with Crippen LogP contribution < -0.4 is 10.2 Å². The van der Waals surface area contributed by atoms with Crippen LogP contribution in [0.1, 0.15) is 12.5 Å². The zero-order chi connectivity index (χ0) is 17.6. The summed E-state index contributed by atoms with van der Waals surface area (Å²) in [7, 11) is 0. The van der Waals surface area contributed by atoms with Crippen LogP contribution in [-0.4, -0.2) is 53.5 Å². The lowest BCUT2D eigenvalue weighted by molar-refractivity contribution is -0.130. The molecule has 1 aliphatic rings. The highest BCUT2D eigenvalue weighted by atomic mass is 19.1. The summed E-state index contributed by atoms with van der Waals surface area (Å²) < 4.78 is 12.9. The van der Waals surface area contributed by atoms with Gasteiger partial charge in [0.25, 0.3) is 0 Å². The van der Waals surface area contributed by atoms with E-state index in [2.05, 4.69) is 20.2 Å². The van der Waals surface area contributed by atoms with E-state index in [0.29, 0.717) is 19.5 Å². The van der Waals surface area contributed by atoms with Crippen LogP contribution in [-0.2, 0) is 11.2 Å². The van der Waals surface area contributed by atoms with Gasteiger partial charge in [-0.1, -0.05) is 12.1 Å². The fourth-order valence-electron chi connectivity index (χ4n) is 2.87. The summed E-state index contributed by atoms with van der Waals surface area (Å²) in [5.41, 5.74) is 0.833. The van der Waals surface area contributed by atoms with Crippen LogP contribution >= 0.6 is 0 Å². The van der Waals surface area contributed by atoms with Gasteiger partial charge in [-0.25, -0.2) is 14.4 Å². The van der Waals surface area contributed by atoms with Crippen LogP contribution in [0.4, 0.5) is 16.0 Å². The SMILES string of the molecule is CCNc1cc(N2CCN(C(=O)Cc3ccc(F)cc3)CC2)ncn1. The molecule has 0 unspecified atom stereocenters. The molecule has 1 saturated heterocycles. The van der Waals surface area contributed by atoms with Crippen molar-refractivity contribution in [3.05, 3.63) is 48.0 Å². The minimum Gasteiger partial charge on any atom is -0.370 e. The topological polar surface area (TPSA) is 61.4 Å². The molecule has 0 radical (unpaired) electrons. The van der Waals surface area contributed by atoms with E-state index < -0.39 is 0 Å². The highest BCUT2D eigenvalue weighted by Gasteiger charge is 2.22. The Labute approximate surface area is 146 Å². The van der Waals surface area contributed by atoms with E-state index in [1.165, 1.54) is 12.1 Å². The van der Waals surface area contributed by atoms with Crippen LogP contribution in [0.15, 0.2) is 36.7 Å². The van der Waals surface area contributed by atoms with Crippen LogP contribution in [0, 0.1) is 5.82 Å². The molecular formula is C18H22FN5O. The zero-order valence-electron chi connectivity index (χ0n) is 14.3. The molecule has 1 aromatic heterocycles. The van der Waals surface area contributed by atoms with E-state index in [9.17, 15) is 9.18 Å². The van der Waals surface area contributed by atoms with Gasteiger partial charge in [-0.15, -0.1) is 0 Å². The van der Waals surface area contributed by atoms with Gasteiger partial charge in [-0.3, -0.25) is 4.79 Å². The van der Waals surface area contributed by atoms with Crippen molar-refractivity contribution in [2.24, 2.45) is 0 Å². The molecule has 25 heavy (non-hydrogen) atoms. The molecule has 0 atom stereocenters. The summed E-state index contributed by atoms with van der Waals surface area (Å²) >= 11 is 0. The molecule has 0 spiro atoms. The van der Waals surface area contributed by atoms with Crippen molar-refractivity contribution < 1.29 is 9.18 Å². The average molecular weight is 343 g/mol. The molecule has 0 aliphatic carbocycles. The standard InChI is InChI=1S/C18H22FN5O/c1-2-20-16-12-17(22-13-21-16)23-7-9-24(10-8-23)18(25)11-14-3-5-15(19)6-4-14/h3-6,12-13H,2,7-11H2,1H3,(H,20,21,22). The number of halogens is 1. The summed E-state index contributed by atoms with van der Waals surface area (Å²) in [6.07, 6.45) is 1.86. The number of amides is 1. The lowest BCUT2D eigenvalue weighted by atomic mass is 10.1. The Morgan fingerprint density at radius 1 is 1.16 bits per heavy atom. The van der Waals surface area contributed by atoms with Crippen molar-refractivity contribution in [2.45, 2.75) is 13.3 Å². The number of carbonyl (C=O) groups excluding carboxylic acids is 1. The lowest BCUT2D eigenvalue weighted by Crippen LogP contribution is -2.49. The van der Waals surface area contributed by atoms with Gasteiger partial charge < -0.3 is 15.1 Å². The molecule has 1 fully saturated rings. The fraction of sp³-hybridized carbons (Fsp3) is 0.389. The lowest BCUT2D eigenvalue weighted by Gasteiger charge is -2.35. The summed E-state index contributed by atoms with van der Waals surface area (Å²) in [4.78, 5) is 24.9. The fourth-order valence-corrected chi connectivity index (χ4v) is 2.87. The molecule has 2 heterocycles. The predicted octanol–water partition coefficient (Wildman–Crippen LogP) is 1.94. The molecule has 7 heteroatoms. The normalized spacial score (nSPS) is 14.5. The van der Waals surface area contributed by atoms with Gasteiger partial charge in [0.2, 0.25) is 5.91 Å². The third kappa shape index (κ3) is 4.43. The van der Waals surface area contributed by atoms with E-state index in [1.807, 2.05) is 17.9 Å². The second-order valence-electron chi connectivity index (χ2n) is 5.96. The molecule has 132 valence electrons. The van der Waals surface area contributed by atoms with Gasteiger partial charge >= 0.3 is 0 Å². The maximum atomic E-state index is 12.9. The maximum Gasteiger partial charge on any atom is 0.227 e. The summed E-state index contributed by atoms with van der Waals surface area (Å²) in [6.45, 7) is 5.60. The molecule has 0 bridgehead atoms. The van der Waals surface area contributed by atoms with Gasteiger partial charge in [0.1, 0.15) is 23.8 Å². The Hall–Kier alpha value is -2.70. The third-order valence-corrected chi connectivity index (χ3v) is 4.24. The Balaban J connectivity index is 1.55. The van der Waals surface area contributed by atoms with Crippen molar-refractivity contribution in [1.82, 2.24) is 14.9 Å². The second kappa shape index (κ2) is 7.92. The monoisotopic (exact) mass is 343 g/mol. The maximum absolute atomic E-state index is 12.9. The number of hydrogen-bond acceptors (Lipinski definition) is 5. The van der Waals surface area contributed by atoms with Crippen LogP contribution in [0.25, 0.3) is 0 Å². The van der Waals surface area contributed by atoms with E-state index in [4.69, 9.17) is 0 Å². The van der Waals surface area contributed by atoms with Gasteiger partial charge in [0.15, 0.2) is 0 Å². The quantitative estimate of drug-likeness (QED) is 0.899. The van der Waals surface area contributed by atoms with Gasteiger partial charge in [0, 0.05) is 38.8 Å². The minimum absolute atomic E-state index is 0.0716. The molecular weight excluding hydrogens is 321 g/mol. The highest BCUT2D eigenvalue weighted by Crippen LogP contribution is 2.16. The van der Waals surface area contributed by atoms with Gasteiger partial charge in [0.05, 0.1) is 6.42 Å². The number of benzene rings is 1. The molecule has 1 amide bonds. The second-order valence-corrected chi connectivity index (χ2v) is 5.96. The smallest absolute Gasteiger partial charge is 0.227 e. The number of nitrogens with one attached hydrogen (secondary N) is 1. The number of piperazine rings is 1. The average Bonchev–Trinajstić information content (AvgIpc) is 2.64. The van der Waals surface area contributed by atoms with Gasteiger partial charge in [-0.05, 0) is 24.6 Å². The Morgan fingerprint density at radius 3 is 2.56 bits per heavy atom. The summed E-state index contributed by atoms with van der Waals surface area (Å²) in [5.74, 6) is 1.47. The Morgan fingerprint density at radius 2 is 1.88 bits per heavy atom. The first-order valence-electron chi connectivity index (χ1n) is 8.49. The molecule has 3 rings (SSSR count). The van der Waals surface area contributed by atoms with Crippen molar-refractivity contribution in [1.29, 1.82) is 0 Å². The number of aromatic nitrogens is 2. The first-order valence-corrected chi connectivity index (χ1v) is 8.49. The summed E-state index contributed by atoms with van der Waals surface area (Å²) in [6, 6.07) is 8.02. The molecule has 1 aliphatic heterocycles. The van der Waals surface area contributed by atoms with Crippen LogP contribution in [0.2, 0.25) is 0 Å². The molecule has 1 N–H and O–H groups in total. The van der Waals surface area contributed by atoms with E-state index >= 15 is 0 Å². The number of nitrogens with zero attached hydrogens (tertiary/aromatic N) is 4. The third-order valence-electron chi connectivity index (χ3n) is 4.24. The largest absolute Gasteiger partial charge is 0.370 e. The van der Waals surface area contributed by atoms with Crippen molar-refractivity contribution in [3.8, 4) is 0 Å². The van der Waals surface area contributed by atoms with E-state index in [1.54, 1.807) is 18.5 Å². The molecule has 0 saturated carbocycles. The molecule has 6 nitrogen and oxygen atoms in total. The Bertz CT molecular complexity index is 714. The molecule has 1 aromatic carbocycles. The van der Waals surface area contributed by atoms with Crippen molar-refractivity contribution >= 4 is 17.5 Å². The molecule has 2 aromatic rings. The van der Waals surface area contributed by atoms with Crippen molar-refractivity contribution in [3.63, 3.8) is 0 Å². The van der Waals surface area contributed by atoms with Gasteiger partial charge in [-0.2, -0.15) is 0 Å². The number of carbonyl (C=O) groups is 1. The van der Waals surface area contributed by atoms with Crippen LogP contribution in [0.5, 0.6) is 0 Å². The van der Waals surface area contributed by atoms with E-state index in [0.717, 1.165) is 36.8 Å². The minimum atomic E-state index is -0.286. The van der Waals surface area contributed by atoms with Crippen molar-refractivity contribution in [2.75, 3.05) is 42.9 Å². The first-order chi connectivity index (χ1) is 12.2. The predicted molar refractivity (Wildman–Crippen MR) is 95.1 cm³/mol. The van der Waals surface area contributed by atoms with E-state index in [-0.39, 0.29) is 11.7 Å². The number of hydrogen-bond donors (Lipinski definition) is 1. The zero-order valence-corrected chi connectivity index (χ0v) is 14.3. The first kappa shape index (κ1) is 17.1. The Kier molecular flexibility index (Phi) is 5.42. The highest BCUT2D eigenvalue weighted by molar-refractivity contribution is 5.79. The summed E-state index contributed by atoms with van der Waals surface area (Å²) in [5, 5.41) is 3.18. The number of anilines is 2. The van der Waals surface area contributed by atoms with Crippen LogP contribution in [0.3, 0.4) is 0 Å².